The van der Waals surface area contributed by atoms with E-state index in [4.69, 9.17) is 0 Å². The highest BCUT2D eigenvalue weighted by Crippen LogP contribution is 2.36. The Morgan fingerprint density at radius 1 is 1.19 bits per heavy atom. The van der Waals surface area contributed by atoms with Gasteiger partial charge in [-0.2, -0.15) is 13.2 Å². The van der Waals surface area contributed by atoms with E-state index in [-0.39, 0.29) is 11.6 Å². The third-order valence-electron chi connectivity index (χ3n) is 4.06. The average Bonchev–Trinajstić information content (AvgIpc) is 2.58. The van der Waals surface area contributed by atoms with Crippen LogP contribution in [0.2, 0.25) is 0 Å². The van der Waals surface area contributed by atoms with E-state index in [1.54, 1.807) is 0 Å². The summed E-state index contributed by atoms with van der Waals surface area (Å²) in [5, 5.41) is 10.5. The van der Waals surface area contributed by atoms with E-state index in [1.807, 2.05) is 23.9 Å². The molecule has 0 amide bonds. The van der Waals surface area contributed by atoms with Crippen molar-refractivity contribution in [3.8, 4) is 0 Å². The minimum absolute atomic E-state index is 0.0443. The van der Waals surface area contributed by atoms with E-state index < -0.39 is 17.8 Å². The molecule has 0 saturated carbocycles. The second-order valence-corrected chi connectivity index (χ2v) is 5.69. The van der Waals surface area contributed by atoms with Crippen LogP contribution in [0.4, 0.5) is 13.2 Å². The summed E-state index contributed by atoms with van der Waals surface area (Å²) in [5.74, 6) is 0. The topological polar surface area (TPSA) is 26.7 Å². The number of nitrogens with zero attached hydrogens (tertiary/aromatic N) is 2. The van der Waals surface area contributed by atoms with E-state index in [1.165, 1.54) is 18.2 Å². The van der Waals surface area contributed by atoms with Gasteiger partial charge in [-0.05, 0) is 45.2 Å². The highest BCUT2D eigenvalue weighted by atomic mass is 19.4. The average molecular weight is 302 g/mol. The maximum atomic E-state index is 13.1. The van der Waals surface area contributed by atoms with Crippen LogP contribution in [-0.4, -0.2) is 54.7 Å². The zero-order chi connectivity index (χ0) is 15.6. The van der Waals surface area contributed by atoms with Crippen LogP contribution in [0.5, 0.6) is 0 Å². The standard InChI is InChI=1S/C15H21F3N2O/c1-19-8-5-9-20(2)13(10-19)14(21)11-6-3-4-7-12(11)15(16,17)18/h3-4,6-7,13-14,21H,5,8-10H2,1-2H3. The van der Waals surface area contributed by atoms with Crippen LogP contribution in [0.1, 0.15) is 23.7 Å². The molecule has 1 saturated heterocycles. The molecule has 0 aromatic heterocycles. The van der Waals surface area contributed by atoms with Crippen LogP contribution < -0.4 is 0 Å². The molecule has 1 heterocycles. The lowest BCUT2D eigenvalue weighted by Gasteiger charge is -2.32. The van der Waals surface area contributed by atoms with Crippen molar-refractivity contribution in [2.45, 2.75) is 24.7 Å². The monoisotopic (exact) mass is 302 g/mol. The van der Waals surface area contributed by atoms with Gasteiger partial charge in [0.2, 0.25) is 0 Å². The largest absolute Gasteiger partial charge is 0.416 e. The molecule has 1 aliphatic rings. The number of hydrogen-bond donors (Lipinski definition) is 1. The fraction of sp³-hybridized carbons (Fsp3) is 0.600. The van der Waals surface area contributed by atoms with E-state index >= 15 is 0 Å². The summed E-state index contributed by atoms with van der Waals surface area (Å²) in [5.41, 5.74) is -0.796. The number of likely N-dealkylation sites (N-methyl/N-ethyl adjacent to an activating group) is 2. The number of halogens is 3. The Balaban J connectivity index is 2.32. The molecule has 21 heavy (non-hydrogen) atoms. The van der Waals surface area contributed by atoms with Crippen LogP contribution in [-0.2, 0) is 6.18 Å². The predicted octanol–water partition coefficient (Wildman–Crippen LogP) is 2.37. The number of alkyl halides is 3. The van der Waals surface area contributed by atoms with Gasteiger partial charge in [0.05, 0.1) is 17.7 Å². The van der Waals surface area contributed by atoms with Crippen molar-refractivity contribution < 1.29 is 18.3 Å². The molecule has 1 aromatic rings. The van der Waals surface area contributed by atoms with Crippen molar-refractivity contribution in [2.75, 3.05) is 33.7 Å². The second kappa shape index (κ2) is 6.34. The highest BCUT2D eigenvalue weighted by molar-refractivity contribution is 5.32. The Labute approximate surface area is 123 Å². The molecule has 3 nitrogen and oxygen atoms in total. The second-order valence-electron chi connectivity index (χ2n) is 5.69. The lowest BCUT2D eigenvalue weighted by atomic mass is 9.96. The van der Waals surface area contributed by atoms with Crippen LogP contribution in [0.15, 0.2) is 24.3 Å². The van der Waals surface area contributed by atoms with Gasteiger partial charge >= 0.3 is 6.18 Å². The summed E-state index contributed by atoms with van der Waals surface area (Å²) in [6.07, 6.45) is -4.67. The molecule has 118 valence electrons. The SMILES string of the molecule is CN1CCCN(C)C(C(O)c2ccccc2C(F)(F)F)C1. The van der Waals surface area contributed by atoms with Crippen LogP contribution in [0.3, 0.4) is 0 Å². The van der Waals surface area contributed by atoms with Gasteiger partial charge in [-0.15, -0.1) is 0 Å². The summed E-state index contributed by atoms with van der Waals surface area (Å²) >= 11 is 0. The first-order valence-corrected chi connectivity index (χ1v) is 7.03. The molecule has 2 rings (SSSR count). The molecule has 1 aromatic carbocycles. The van der Waals surface area contributed by atoms with Gasteiger partial charge in [0.1, 0.15) is 0 Å². The predicted molar refractivity (Wildman–Crippen MR) is 74.9 cm³/mol. The van der Waals surface area contributed by atoms with Gasteiger partial charge in [-0.1, -0.05) is 18.2 Å². The summed E-state index contributed by atoms with van der Waals surface area (Å²) in [6.45, 7) is 2.19. The minimum Gasteiger partial charge on any atom is -0.387 e. The Morgan fingerprint density at radius 2 is 1.86 bits per heavy atom. The van der Waals surface area contributed by atoms with Gasteiger partial charge in [0, 0.05) is 6.54 Å². The van der Waals surface area contributed by atoms with Gasteiger partial charge in [0.15, 0.2) is 0 Å². The lowest BCUT2D eigenvalue weighted by Crippen LogP contribution is -2.42. The Hall–Kier alpha value is -1.11. The smallest absolute Gasteiger partial charge is 0.387 e. The molecule has 0 bridgehead atoms. The Kier molecular flexibility index (Phi) is 4.91. The maximum absolute atomic E-state index is 13.1. The molecule has 0 spiro atoms. The zero-order valence-electron chi connectivity index (χ0n) is 12.3. The molecule has 1 fully saturated rings. The van der Waals surface area contributed by atoms with Crippen LogP contribution in [0.25, 0.3) is 0 Å². The van der Waals surface area contributed by atoms with Crippen molar-refractivity contribution in [1.29, 1.82) is 0 Å². The summed E-state index contributed by atoms with van der Waals surface area (Å²) in [7, 11) is 3.78. The highest BCUT2D eigenvalue weighted by Gasteiger charge is 2.37. The first-order valence-electron chi connectivity index (χ1n) is 7.03. The van der Waals surface area contributed by atoms with Gasteiger partial charge in [-0.3, -0.25) is 4.90 Å². The Morgan fingerprint density at radius 3 is 2.52 bits per heavy atom. The molecular weight excluding hydrogens is 281 g/mol. The summed E-state index contributed by atoms with van der Waals surface area (Å²) < 4.78 is 39.3. The first kappa shape index (κ1) is 16.3. The minimum atomic E-state index is -4.45. The molecule has 0 aliphatic carbocycles. The molecule has 1 aliphatic heterocycles. The number of aliphatic hydroxyl groups excluding tert-OH is 1. The summed E-state index contributed by atoms with van der Waals surface area (Å²) in [6, 6.07) is 4.93. The quantitative estimate of drug-likeness (QED) is 0.908. The Bertz CT molecular complexity index is 478. The number of hydrogen-bond acceptors (Lipinski definition) is 3. The normalized spacial score (nSPS) is 23.8. The molecule has 0 radical (unpaired) electrons. The van der Waals surface area contributed by atoms with Crippen molar-refractivity contribution in [3.05, 3.63) is 35.4 Å². The van der Waals surface area contributed by atoms with Crippen molar-refractivity contribution >= 4 is 0 Å². The van der Waals surface area contributed by atoms with Crippen molar-refractivity contribution in [3.63, 3.8) is 0 Å². The fourth-order valence-corrected chi connectivity index (χ4v) is 2.87. The van der Waals surface area contributed by atoms with Crippen LogP contribution >= 0.6 is 0 Å². The molecule has 6 heteroatoms. The number of rotatable bonds is 2. The fourth-order valence-electron chi connectivity index (χ4n) is 2.87. The molecule has 2 atom stereocenters. The van der Waals surface area contributed by atoms with Gasteiger partial charge < -0.3 is 10.0 Å². The van der Waals surface area contributed by atoms with E-state index in [0.29, 0.717) is 6.54 Å². The van der Waals surface area contributed by atoms with E-state index in [2.05, 4.69) is 0 Å². The maximum Gasteiger partial charge on any atom is 0.416 e. The third kappa shape index (κ3) is 3.75. The molecular formula is C15H21F3N2O. The summed E-state index contributed by atoms with van der Waals surface area (Å²) in [4.78, 5) is 3.99. The lowest BCUT2D eigenvalue weighted by molar-refractivity contribution is -0.139. The van der Waals surface area contributed by atoms with Crippen molar-refractivity contribution in [2.24, 2.45) is 0 Å². The molecule has 2 unspecified atom stereocenters. The number of benzene rings is 1. The third-order valence-corrected chi connectivity index (χ3v) is 4.06. The first-order chi connectivity index (χ1) is 9.80. The van der Waals surface area contributed by atoms with E-state index in [0.717, 1.165) is 25.6 Å². The van der Waals surface area contributed by atoms with Crippen LogP contribution in [0, 0.1) is 0 Å². The van der Waals surface area contributed by atoms with Gasteiger partial charge in [-0.25, -0.2) is 0 Å². The number of aliphatic hydroxyl groups is 1. The zero-order valence-corrected chi connectivity index (χ0v) is 12.3. The van der Waals surface area contributed by atoms with Gasteiger partial charge in [0.25, 0.3) is 0 Å². The van der Waals surface area contributed by atoms with E-state index in [9.17, 15) is 18.3 Å². The van der Waals surface area contributed by atoms with Crippen molar-refractivity contribution in [1.82, 2.24) is 9.80 Å². The molecule has 1 N–H and O–H groups in total.